The average Bonchev–Trinajstić information content (AvgIpc) is 2.23. The van der Waals surface area contributed by atoms with Crippen molar-refractivity contribution in [2.75, 3.05) is 0 Å². The molecule has 4 heteroatoms. The Bertz CT molecular complexity index is 566. The summed E-state index contributed by atoms with van der Waals surface area (Å²) in [6.45, 7) is 1.95. The van der Waals surface area contributed by atoms with Crippen molar-refractivity contribution in [2.45, 2.75) is 13.3 Å². The van der Waals surface area contributed by atoms with E-state index in [1.165, 1.54) is 6.20 Å². The van der Waals surface area contributed by atoms with Crippen molar-refractivity contribution in [3.8, 4) is 0 Å². The van der Waals surface area contributed by atoms with Gasteiger partial charge in [0, 0.05) is 17.1 Å². The maximum atomic E-state index is 10.6. The number of hydrogen-bond acceptors (Lipinski definition) is 2. The fraction of sp³-hybridized carbons (Fsp3) is 0.167. The summed E-state index contributed by atoms with van der Waals surface area (Å²) in [4.78, 5) is 14.9. The smallest absolute Gasteiger partial charge is 0.307 e. The molecule has 0 saturated carbocycles. The average molecular weight is 236 g/mol. The second-order valence-electron chi connectivity index (χ2n) is 3.64. The van der Waals surface area contributed by atoms with Crippen molar-refractivity contribution < 1.29 is 9.90 Å². The summed E-state index contributed by atoms with van der Waals surface area (Å²) >= 11 is 6.15. The van der Waals surface area contributed by atoms with Crippen molar-refractivity contribution in [3.05, 3.63) is 40.5 Å². The molecule has 0 unspecified atom stereocenters. The van der Waals surface area contributed by atoms with Crippen molar-refractivity contribution in [1.29, 1.82) is 0 Å². The van der Waals surface area contributed by atoms with Gasteiger partial charge < -0.3 is 5.11 Å². The number of carboxylic acid groups (broad SMARTS) is 1. The molecule has 0 aliphatic heterocycles. The molecule has 0 amide bonds. The van der Waals surface area contributed by atoms with E-state index in [0.29, 0.717) is 10.6 Å². The van der Waals surface area contributed by atoms with E-state index in [2.05, 4.69) is 4.98 Å². The number of carboxylic acids is 1. The molecule has 0 fully saturated rings. The van der Waals surface area contributed by atoms with E-state index in [9.17, 15) is 4.79 Å². The van der Waals surface area contributed by atoms with Gasteiger partial charge in [-0.15, -0.1) is 0 Å². The van der Waals surface area contributed by atoms with Gasteiger partial charge in [-0.2, -0.15) is 0 Å². The van der Waals surface area contributed by atoms with Gasteiger partial charge in [0.05, 0.1) is 17.0 Å². The number of carbonyl (C=O) groups is 1. The third kappa shape index (κ3) is 1.86. The molecule has 2 rings (SSSR count). The first kappa shape index (κ1) is 10.9. The summed E-state index contributed by atoms with van der Waals surface area (Å²) < 4.78 is 0. The quantitative estimate of drug-likeness (QED) is 0.871. The maximum Gasteiger partial charge on any atom is 0.307 e. The first-order valence-electron chi connectivity index (χ1n) is 4.84. The van der Waals surface area contributed by atoms with E-state index >= 15 is 0 Å². The molecule has 0 atom stereocenters. The van der Waals surface area contributed by atoms with Gasteiger partial charge in [-0.3, -0.25) is 9.78 Å². The van der Waals surface area contributed by atoms with Crippen molar-refractivity contribution >= 4 is 28.5 Å². The number of hydrogen-bond donors (Lipinski definition) is 1. The molecular weight excluding hydrogens is 226 g/mol. The molecule has 1 N–H and O–H groups in total. The molecule has 3 nitrogen and oxygen atoms in total. The van der Waals surface area contributed by atoms with E-state index in [4.69, 9.17) is 16.7 Å². The van der Waals surface area contributed by atoms with Crippen molar-refractivity contribution in [3.63, 3.8) is 0 Å². The zero-order chi connectivity index (χ0) is 11.7. The number of para-hydroxylation sites is 1. The molecule has 2 aromatic rings. The Hall–Kier alpha value is -1.61. The Labute approximate surface area is 97.7 Å². The molecule has 0 radical (unpaired) electrons. The van der Waals surface area contributed by atoms with Gasteiger partial charge in [-0.05, 0) is 12.5 Å². The summed E-state index contributed by atoms with van der Waals surface area (Å²) in [6, 6.07) is 5.68. The number of nitrogens with zero attached hydrogens (tertiary/aromatic N) is 1. The standard InChI is InChI=1S/C12H10ClNO2/c1-7-3-2-4-9-11(13)8(5-10(15)16)6-14-12(7)9/h2-4,6H,5H2,1H3,(H,15,16). The predicted octanol–water partition coefficient (Wildman–Crippen LogP) is 2.82. The molecule has 0 aliphatic rings. The van der Waals surface area contributed by atoms with Gasteiger partial charge in [0.25, 0.3) is 0 Å². The lowest BCUT2D eigenvalue weighted by molar-refractivity contribution is -0.136. The monoisotopic (exact) mass is 235 g/mol. The lowest BCUT2D eigenvalue weighted by atomic mass is 10.1. The highest BCUT2D eigenvalue weighted by Gasteiger charge is 2.10. The molecule has 0 bridgehead atoms. The maximum absolute atomic E-state index is 10.6. The number of benzene rings is 1. The van der Waals surface area contributed by atoms with Crippen LogP contribution in [0.25, 0.3) is 10.9 Å². The van der Waals surface area contributed by atoms with Crippen LogP contribution in [0.1, 0.15) is 11.1 Å². The van der Waals surface area contributed by atoms with Crippen molar-refractivity contribution in [2.24, 2.45) is 0 Å². The fourth-order valence-corrected chi connectivity index (χ4v) is 1.93. The normalized spacial score (nSPS) is 10.6. The summed E-state index contributed by atoms with van der Waals surface area (Å²) in [7, 11) is 0. The van der Waals surface area contributed by atoms with Crippen LogP contribution in [0.3, 0.4) is 0 Å². The third-order valence-electron chi connectivity index (χ3n) is 2.45. The Balaban J connectivity index is 2.65. The summed E-state index contributed by atoms with van der Waals surface area (Å²) in [5, 5.41) is 10.0. The van der Waals surface area contributed by atoms with E-state index in [0.717, 1.165) is 16.5 Å². The molecule has 0 aliphatic carbocycles. The Kier molecular flexibility index (Phi) is 2.79. The highest BCUT2D eigenvalue weighted by atomic mass is 35.5. The number of aryl methyl sites for hydroxylation is 1. The molecule has 1 aromatic carbocycles. The molecule has 0 spiro atoms. The van der Waals surface area contributed by atoms with Crippen LogP contribution in [0.2, 0.25) is 5.02 Å². The van der Waals surface area contributed by atoms with Crippen LogP contribution in [0, 0.1) is 6.92 Å². The number of fused-ring (bicyclic) bond motifs is 1. The van der Waals surface area contributed by atoms with Crippen LogP contribution < -0.4 is 0 Å². The summed E-state index contributed by atoms with van der Waals surface area (Å²) in [6.07, 6.45) is 1.43. The van der Waals surface area contributed by atoms with E-state index in [1.807, 2.05) is 25.1 Å². The fourth-order valence-electron chi connectivity index (χ4n) is 1.67. The minimum atomic E-state index is -0.907. The van der Waals surface area contributed by atoms with Gasteiger partial charge in [0.15, 0.2) is 0 Å². The van der Waals surface area contributed by atoms with Crippen LogP contribution in [-0.2, 0) is 11.2 Å². The zero-order valence-corrected chi connectivity index (χ0v) is 9.45. The van der Waals surface area contributed by atoms with Crippen LogP contribution >= 0.6 is 11.6 Å². The minimum absolute atomic E-state index is 0.101. The zero-order valence-electron chi connectivity index (χ0n) is 8.70. The lowest BCUT2D eigenvalue weighted by Crippen LogP contribution is -2.01. The molecule has 82 valence electrons. The number of pyridine rings is 1. The van der Waals surface area contributed by atoms with Gasteiger partial charge in [-0.25, -0.2) is 0 Å². The highest BCUT2D eigenvalue weighted by Crippen LogP contribution is 2.27. The van der Waals surface area contributed by atoms with Crippen LogP contribution in [0.5, 0.6) is 0 Å². The number of halogens is 1. The van der Waals surface area contributed by atoms with E-state index in [1.54, 1.807) is 0 Å². The van der Waals surface area contributed by atoms with E-state index < -0.39 is 5.97 Å². The second kappa shape index (κ2) is 4.10. The van der Waals surface area contributed by atoms with Crippen molar-refractivity contribution in [1.82, 2.24) is 4.98 Å². The van der Waals surface area contributed by atoms with E-state index in [-0.39, 0.29) is 6.42 Å². The van der Waals surface area contributed by atoms with Gasteiger partial charge in [0.2, 0.25) is 0 Å². The number of aromatic nitrogens is 1. The van der Waals surface area contributed by atoms with Gasteiger partial charge in [0.1, 0.15) is 0 Å². The Morgan fingerprint density at radius 1 is 1.50 bits per heavy atom. The predicted molar refractivity (Wildman–Crippen MR) is 62.8 cm³/mol. The number of aliphatic carboxylic acids is 1. The van der Waals surface area contributed by atoms with Crippen LogP contribution in [-0.4, -0.2) is 16.1 Å². The largest absolute Gasteiger partial charge is 0.481 e. The van der Waals surface area contributed by atoms with Crippen LogP contribution in [0.15, 0.2) is 24.4 Å². The minimum Gasteiger partial charge on any atom is -0.481 e. The Morgan fingerprint density at radius 3 is 2.94 bits per heavy atom. The Morgan fingerprint density at radius 2 is 2.25 bits per heavy atom. The first-order chi connectivity index (χ1) is 7.59. The first-order valence-corrected chi connectivity index (χ1v) is 5.22. The molecule has 1 heterocycles. The second-order valence-corrected chi connectivity index (χ2v) is 4.02. The van der Waals surface area contributed by atoms with Crippen LogP contribution in [0.4, 0.5) is 0 Å². The molecular formula is C12H10ClNO2. The SMILES string of the molecule is Cc1cccc2c(Cl)c(CC(=O)O)cnc12. The summed E-state index contributed by atoms with van der Waals surface area (Å²) in [5.74, 6) is -0.907. The summed E-state index contributed by atoms with van der Waals surface area (Å²) in [5.41, 5.74) is 2.40. The van der Waals surface area contributed by atoms with Gasteiger partial charge in [-0.1, -0.05) is 29.8 Å². The molecule has 16 heavy (non-hydrogen) atoms. The van der Waals surface area contributed by atoms with Gasteiger partial charge >= 0.3 is 5.97 Å². The molecule has 1 aromatic heterocycles. The number of rotatable bonds is 2. The third-order valence-corrected chi connectivity index (χ3v) is 2.89. The topological polar surface area (TPSA) is 50.2 Å². The molecule has 0 saturated heterocycles. The lowest BCUT2D eigenvalue weighted by Gasteiger charge is -2.06. The highest BCUT2D eigenvalue weighted by molar-refractivity contribution is 6.36.